The van der Waals surface area contributed by atoms with Crippen LogP contribution >= 0.6 is 0 Å². The van der Waals surface area contributed by atoms with Crippen molar-refractivity contribution in [1.29, 1.82) is 0 Å². The molecule has 0 aliphatic carbocycles. The number of ether oxygens (including phenoxy) is 1. The van der Waals surface area contributed by atoms with Crippen molar-refractivity contribution in [3.05, 3.63) is 88.0 Å². The summed E-state index contributed by atoms with van der Waals surface area (Å²) in [5, 5.41) is 15.7. The molecule has 34 heavy (non-hydrogen) atoms. The molecule has 0 bridgehead atoms. The number of para-hydroxylation sites is 2. The summed E-state index contributed by atoms with van der Waals surface area (Å²) in [7, 11) is -2.68. The first-order chi connectivity index (χ1) is 16.0. The van der Waals surface area contributed by atoms with Crippen molar-refractivity contribution in [1.82, 2.24) is 0 Å². The maximum Gasteiger partial charge on any atom is 0.295 e. The van der Waals surface area contributed by atoms with E-state index in [-0.39, 0.29) is 21.7 Å². The Morgan fingerprint density at radius 3 is 2.29 bits per heavy atom. The molecule has 2 N–H and O–H groups in total. The molecule has 0 aromatic heterocycles. The van der Waals surface area contributed by atoms with Crippen molar-refractivity contribution in [2.45, 2.75) is 31.1 Å². The minimum absolute atomic E-state index is 0.0249. The monoisotopic (exact) mass is 482 g/mol. The second-order valence-electron chi connectivity index (χ2n) is 8.48. The van der Waals surface area contributed by atoms with Crippen molar-refractivity contribution in [2.75, 3.05) is 17.3 Å². The number of benzene rings is 3. The molecule has 0 spiro atoms. The fourth-order valence-corrected chi connectivity index (χ4v) is 4.19. The number of rotatable bonds is 8. The van der Waals surface area contributed by atoms with Crippen LogP contribution in [0.4, 0.5) is 17.1 Å². The Hall–Kier alpha value is -3.92. The molecule has 178 valence electrons. The molecule has 0 aliphatic heterocycles. The van der Waals surface area contributed by atoms with Gasteiger partial charge in [-0.05, 0) is 40.8 Å². The molecule has 3 rings (SSSR count). The van der Waals surface area contributed by atoms with Crippen LogP contribution in [-0.4, -0.2) is 26.7 Å². The van der Waals surface area contributed by atoms with Gasteiger partial charge in [-0.1, -0.05) is 57.2 Å². The van der Waals surface area contributed by atoms with Gasteiger partial charge in [0, 0.05) is 6.07 Å². The summed E-state index contributed by atoms with van der Waals surface area (Å²) in [5.41, 5.74) is 4.48. The molecule has 0 saturated heterocycles. The highest BCUT2D eigenvalue weighted by atomic mass is 32.2. The molecule has 9 nitrogen and oxygen atoms in total. The second kappa shape index (κ2) is 9.92. The standard InChI is InChI=1S/C24H26N4O5S/c1-24(2,3)18-11-9-17(10-12-18)16-25-26-20-14-13-19(15-22(20)28(29)30)34(31,32)27-21-7-5-6-8-23(21)33-4/h5-16,26-27H,1-4H3. The smallest absolute Gasteiger partial charge is 0.295 e. The van der Waals surface area contributed by atoms with Gasteiger partial charge in [-0.3, -0.25) is 20.3 Å². The fourth-order valence-electron chi connectivity index (χ4n) is 3.10. The fraction of sp³-hybridized carbons (Fsp3) is 0.208. The summed E-state index contributed by atoms with van der Waals surface area (Å²) in [5.74, 6) is 0.323. The Kier molecular flexibility index (Phi) is 7.21. The third-order valence-corrected chi connectivity index (χ3v) is 6.37. The molecular formula is C24H26N4O5S. The van der Waals surface area contributed by atoms with Gasteiger partial charge in [0.05, 0.1) is 28.8 Å². The lowest BCUT2D eigenvalue weighted by Gasteiger charge is -2.18. The number of nitro groups is 1. The summed E-state index contributed by atoms with van der Waals surface area (Å²) in [6.07, 6.45) is 1.53. The molecule has 0 fully saturated rings. The average Bonchev–Trinajstić information content (AvgIpc) is 2.79. The van der Waals surface area contributed by atoms with E-state index in [2.05, 4.69) is 36.0 Å². The Morgan fingerprint density at radius 2 is 1.68 bits per heavy atom. The Balaban J connectivity index is 1.81. The number of sulfonamides is 1. The molecule has 0 heterocycles. The van der Waals surface area contributed by atoms with Crippen LogP contribution in [0.3, 0.4) is 0 Å². The van der Waals surface area contributed by atoms with Crippen molar-refractivity contribution in [3.63, 3.8) is 0 Å². The Labute approximate surface area is 198 Å². The van der Waals surface area contributed by atoms with Gasteiger partial charge in [-0.15, -0.1) is 0 Å². The first-order valence-electron chi connectivity index (χ1n) is 10.3. The van der Waals surface area contributed by atoms with Gasteiger partial charge in [-0.25, -0.2) is 8.42 Å². The first kappa shape index (κ1) is 24.7. The summed E-state index contributed by atoms with van der Waals surface area (Å²) in [6.45, 7) is 6.35. The van der Waals surface area contributed by atoms with Gasteiger partial charge in [0.25, 0.3) is 15.7 Å². The number of nitrogens with one attached hydrogen (secondary N) is 2. The molecule has 0 atom stereocenters. The third-order valence-electron chi connectivity index (χ3n) is 5.00. The van der Waals surface area contributed by atoms with E-state index < -0.39 is 20.6 Å². The van der Waals surface area contributed by atoms with Crippen LogP contribution in [-0.2, 0) is 15.4 Å². The number of nitro benzene ring substituents is 1. The topological polar surface area (TPSA) is 123 Å². The molecule has 0 radical (unpaired) electrons. The van der Waals surface area contributed by atoms with E-state index in [4.69, 9.17) is 4.74 Å². The Bertz CT molecular complexity index is 1310. The quantitative estimate of drug-likeness (QED) is 0.260. The van der Waals surface area contributed by atoms with E-state index in [0.29, 0.717) is 5.75 Å². The second-order valence-corrected chi connectivity index (χ2v) is 10.2. The van der Waals surface area contributed by atoms with Crippen molar-refractivity contribution < 1.29 is 18.1 Å². The molecule has 10 heteroatoms. The Morgan fingerprint density at radius 1 is 1.00 bits per heavy atom. The normalized spacial score (nSPS) is 11.9. The molecule has 3 aromatic rings. The van der Waals surface area contributed by atoms with Gasteiger partial charge in [0.15, 0.2) is 0 Å². The number of hydrazone groups is 1. The maximum atomic E-state index is 12.8. The number of hydrogen-bond acceptors (Lipinski definition) is 7. The van der Waals surface area contributed by atoms with Gasteiger partial charge >= 0.3 is 0 Å². The number of hydrogen-bond donors (Lipinski definition) is 2. The lowest BCUT2D eigenvalue weighted by atomic mass is 9.87. The van der Waals surface area contributed by atoms with Crippen LogP contribution < -0.4 is 14.9 Å². The van der Waals surface area contributed by atoms with E-state index in [1.165, 1.54) is 37.1 Å². The largest absolute Gasteiger partial charge is 0.495 e. The van der Waals surface area contributed by atoms with E-state index in [0.717, 1.165) is 11.6 Å². The lowest BCUT2D eigenvalue weighted by molar-refractivity contribution is -0.384. The van der Waals surface area contributed by atoms with E-state index in [9.17, 15) is 18.5 Å². The zero-order valence-corrected chi connectivity index (χ0v) is 20.1. The summed E-state index contributed by atoms with van der Waals surface area (Å²) in [6, 6.07) is 17.8. The summed E-state index contributed by atoms with van der Waals surface area (Å²) in [4.78, 5) is 10.7. The molecular weight excluding hydrogens is 456 g/mol. The predicted octanol–water partition coefficient (Wildman–Crippen LogP) is 5.15. The van der Waals surface area contributed by atoms with Gasteiger partial charge in [-0.2, -0.15) is 5.10 Å². The molecule has 3 aromatic carbocycles. The molecule has 0 unspecified atom stereocenters. The number of nitrogens with zero attached hydrogens (tertiary/aromatic N) is 2. The van der Waals surface area contributed by atoms with E-state index in [1.807, 2.05) is 24.3 Å². The minimum Gasteiger partial charge on any atom is -0.495 e. The highest BCUT2D eigenvalue weighted by Gasteiger charge is 2.22. The van der Waals surface area contributed by atoms with Crippen LogP contribution in [0, 0.1) is 10.1 Å². The molecule has 0 saturated carbocycles. The van der Waals surface area contributed by atoms with Crippen molar-refractivity contribution in [3.8, 4) is 5.75 Å². The van der Waals surface area contributed by atoms with Gasteiger partial charge < -0.3 is 4.74 Å². The number of anilines is 2. The van der Waals surface area contributed by atoms with Crippen molar-refractivity contribution >= 4 is 33.3 Å². The zero-order valence-electron chi connectivity index (χ0n) is 19.3. The lowest BCUT2D eigenvalue weighted by Crippen LogP contribution is -2.14. The zero-order chi connectivity index (χ0) is 24.9. The van der Waals surface area contributed by atoms with Crippen LogP contribution in [0.1, 0.15) is 31.9 Å². The van der Waals surface area contributed by atoms with E-state index in [1.54, 1.807) is 18.2 Å². The summed E-state index contributed by atoms with van der Waals surface area (Å²) >= 11 is 0. The predicted molar refractivity (Wildman–Crippen MR) is 133 cm³/mol. The highest BCUT2D eigenvalue weighted by molar-refractivity contribution is 7.92. The van der Waals surface area contributed by atoms with E-state index >= 15 is 0 Å². The van der Waals surface area contributed by atoms with Crippen LogP contribution in [0.25, 0.3) is 0 Å². The highest BCUT2D eigenvalue weighted by Crippen LogP contribution is 2.30. The SMILES string of the molecule is COc1ccccc1NS(=O)(=O)c1ccc(NN=Cc2ccc(C(C)(C)C)cc2)c([N+](=O)[O-])c1. The average molecular weight is 483 g/mol. The van der Waals surface area contributed by atoms with Gasteiger partial charge in [0.2, 0.25) is 0 Å². The molecule has 0 amide bonds. The molecule has 0 aliphatic rings. The summed E-state index contributed by atoms with van der Waals surface area (Å²) < 4.78 is 33.2. The maximum absolute atomic E-state index is 12.8. The van der Waals surface area contributed by atoms with Crippen LogP contribution in [0.2, 0.25) is 0 Å². The number of methoxy groups -OCH3 is 1. The van der Waals surface area contributed by atoms with Gasteiger partial charge in [0.1, 0.15) is 11.4 Å². The third kappa shape index (κ3) is 5.90. The van der Waals surface area contributed by atoms with Crippen LogP contribution in [0.15, 0.2) is 76.7 Å². The first-order valence-corrected chi connectivity index (χ1v) is 11.8. The minimum atomic E-state index is -4.10. The van der Waals surface area contributed by atoms with Crippen molar-refractivity contribution in [2.24, 2.45) is 5.10 Å². The van der Waals surface area contributed by atoms with Crippen LogP contribution in [0.5, 0.6) is 5.75 Å².